The largest absolute Gasteiger partial charge is 0.396 e. The number of rotatable bonds is 6. The van der Waals surface area contributed by atoms with Crippen molar-refractivity contribution in [3.8, 4) is 11.1 Å². The van der Waals surface area contributed by atoms with Crippen LogP contribution in [0.2, 0.25) is 0 Å². The quantitative estimate of drug-likeness (QED) is 0.518. The molecule has 1 aliphatic rings. The molecule has 0 radical (unpaired) electrons. The number of aliphatic hydroxyl groups excluding tert-OH is 2. The van der Waals surface area contributed by atoms with Crippen LogP contribution in [0.4, 0.5) is 0 Å². The van der Waals surface area contributed by atoms with Gasteiger partial charge in [-0.25, -0.2) is 4.98 Å². The third kappa shape index (κ3) is 6.39. The smallest absolute Gasteiger partial charge is 0.137 e. The lowest BCUT2D eigenvalue weighted by molar-refractivity contribution is -0.0313. The van der Waals surface area contributed by atoms with Crippen LogP contribution in [0.15, 0.2) is 67.0 Å². The molecular weight excluding hydrogens is 400 g/mol. The summed E-state index contributed by atoms with van der Waals surface area (Å²) >= 11 is 0. The average molecular weight is 435 g/mol. The molecule has 0 bridgehead atoms. The van der Waals surface area contributed by atoms with Crippen LogP contribution in [0.25, 0.3) is 17.2 Å². The second-order valence-corrected chi connectivity index (χ2v) is 8.83. The van der Waals surface area contributed by atoms with E-state index in [1.54, 1.807) is 17.7 Å². The van der Waals surface area contributed by atoms with Crippen molar-refractivity contribution in [1.29, 1.82) is 0 Å². The first kappa shape index (κ1) is 23.9. The predicted molar refractivity (Wildman–Crippen MR) is 129 cm³/mol. The summed E-state index contributed by atoms with van der Waals surface area (Å²) < 4.78 is 1.80. The van der Waals surface area contributed by atoms with E-state index in [0.29, 0.717) is 18.2 Å². The van der Waals surface area contributed by atoms with Crippen molar-refractivity contribution in [2.75, 3.05) is 6.61 Å². The minimum Gasteiger partial charge on any atom is -0.396 e. The van der Waals surface area contributed by atoms with Gasteiger partial charge in [0.1, 0.15) is 11.9 Å². The van der Waals surface area contributed by atoms with Gasteiger partial charge in [-0.05, 0) is 61.3 Å². The third-order valence-electron chi connectivity index (χ3n) is 5.84. The van der Waals surface area contributed by atoms with E-state index in [4.69, 9.17) is 10.2 Å². The molecule has 170 valence electrons. The monoisotopic (exact) mass is 434 g/mol. The van der Waals surface area contributed by atoms with Gasteiger partial charge >= 0.3 is 0 Å². The Morgan fingerprint density at radius 1 is 1.09 bits per heavy atom. The number of hydrogen-bond donors (Lipinski definition) is 3. The zero-order valence-corrected chi connectivity index (χ0v) is 19.1. The molecule has 0 spiro atoms. The molecule has 32 heavy (non-hydrogen) atoms. The standard InChI is InChI=1S/C21H24O2.C6H10N2O/c1-21(23)14-20(15-21)19-11-9-18(10-12-19)17-7-5-16(6-8-17)4-2-3-13-22;1-5(9)6-7-3-4-8(6)2/h2,4-12,20,22-23H,3,13-15H2,1H3;3-5,9H,1-2H3/b4-2+;. The Morgan fingerprint density at radius 3 is 2.12 bits per heavy atom. The Kier molecular flexibility index (Phi) is 8.02. The molecule has 5 nitrogen and oxygen atoms in total. The van der Waals surface area contributed by atoms with E-state index in [1.807, 2.05) is 32.3 Å². The number of aromatic nitrogens is 2. The Bertz CT molecular complexity index is 994. The van der Waals surface area contributed by atoms with Gasteiger partial charge in [-0.1, -0.05) is 60.7 Å². The van der Waals surface area contributed by atoms with E-state index in [9.17, 15) is 5.11 Å². The van der Waals surface area contributed by atoms with Gasteiger partial charge < -0.3 is 19.9 Å². The molecular formula is C27H34N2O3. The predicted octanol–water partition coefficient (Wildman–Crippen LogP) is 4.85. The summed E-state index contributed by atoms with van der Waals surface area (Å²) in [5, 5.41) is 27.7. The van der Waals surface area contributed by atoms with Crippen molar-refractivity contribution in [2.24, 2.45) is 7.05 Å². The van der Waals surface area contributed by atoms with Gasteiger partial charge in [-0.2, -0.15) is 0 Å². The van der Waals surface area contributed by atoms with Crippen molar-refractivity contribution in [1.82, 2.24) is 9.55 Å². The first-order chi connectivity index (χ1) is 15.3. The molecule has 1 fully saturated rings. The van der Waals surface area contributed by atoms with Gasteiger partial charge in [-0.15, -0.1) is 0 Å². The molecule has 1 aliphatic carbocycles. The fourth-order valence-electron chi connectivity index (χ4n) is 4.05. The molecule has 4 rings (SSSR count). The third-order valence-corrected chi connectivity index (χ3v) is 5.84. The van der Waals surface area contributed by atoms with Gasteiger partial charge in [-0.3, -0.25) is 0 Å². The SMILES string of the molecule is CC(O)c1nccn1C.CC1(O)CC(c2ccc(-c3ccc(/C=C/CCO)cc3)cc2)C1. The number of nitrogens with zero attached hydrogens (tertiary/aromatic N) is 2. The highest BCUT2D eigenvalue weighted by molar-refractivity contribution is 5.66. The first-order valence-corrected chi connectivity index (χ1v) is 11.1. The molecule has 1 atom stereocenters. The molecule has 0 saturated heterocycles. The normalized spacial score (nSPS) is 21.0. The Morgan fingerprint density at radius 2 is 1.69 bits per heavy atom. The second-order valence-electron chi connectivity index (χ2n) is 8.83. The first-order valence-electron chi connectivity index (χ1n) is 11.1. The molecule has 3 aromatic rings. The molecule has 2 aromatic carbocycles. The lowest BCUT2D eigenvalue weighted by Crippen LogP contribution is -2.39. The van der Waals surface area contributed by atoms with Crippen LogP contribution in [0.5, 0.6) is 0 Å². The summed E-state index contributed by atoms with van der Waals surface area (Å²) in [5.41, 5.74) is 4.42. The Labute approximate surface area is 190 Å². The molecule has 3 N–H and O–H groups in total. The number of aryl methyl sites for hydroxylation is 1. The summed E-state index contributed by atoms with van der Waals surface area (Å²) in [6.45, 7) is 3.80. The zero-order valence-electron chi connectivity index (χ0n) is 19.1. The number of imidazole rings is 1. The van der Waals surface area contributed by atoms with Crippen LogP contribution in [-0.2, 0) is 7.05 Å². The highest BCUT2D eigenvalue weighted by Crippen LogP contribution is 2.44. The fourth-order valence-corrected chi connectivity index (χ4v) is 4.05. The van der Waals surface area contributed by atoms with Crippen molar-refractivity contribution in [2.45, 2.75) is 50.7 Å². The molecule has 1 unspecified atom stereocenters. The van der Waals surface area contributed by atoms with Crippen LogP contribution >= 0.6 is 0 Å². The van der Waals surface area contributed by atoms with Crippen molar-refractivity contribution < 1.29 is 15.3 Å². The van der Waals surface area contributed by atoms with Crippen molar-refractivity contribution in [3.63, 3.8) is 0 Å². The zero-order chi connectivity index (χ0) is 23.1. The van der Waals surface area contributed by atoms with E-state index in [2.05, 4.69) is 53.5 Å². The lowest BCUT2D eigenvalue weighted by Gasteiger charge is -2.41. The lowest BCUT2D eigenvalue weighted by atomic mass is 9.69. The van der Waals surface area contributed by atoms with Crippen LogP contribution in [0, 0.1) is 0 Å². The van der Waals surface area contributed by atoms with Crippen LogP contribution < -0.4 is 0 Å². The summed E-state index contributed by atoms with van der Waals surface area (Å²) in [6.07, 6.45) is 9.44. The summed E-state index contributed by atoms with van der Waals surface area (Å²) in [7, 11) is 1.86. The van der Waals surface area contributed by atoms with Gasteiger partial charge in [0.25, 0.3) is 0 Å². The number of benzene rings is 2. The van der Waals surface area contributed by atoms with Gasteiger partial charge in [0, 0.05) is 26.0 Å². The molecule has 1 aromatic heterocycles. The Balaban J connectivity index is 0.000000269. The van der Waals surface area contributed by atoms with Crippen molar-refractivity contribution in [3.05, 3.63) is 84.0 Å². The topological polar surface area (TPSA) is 78.5 Å². The molecule has 1 saturated carbocycles. The highest BCUT2D eigenvalue weighted by atomic mass is 16.3. The minimum atomic E-state index is -0.470. The average Bonchev–Trinajstić information content (AvgIpc) is 3.20. The highest BCUT2D eigenvalue weighted by Gasteiger charge is 2.38. The van der Waals surface area contributed by atoms with E-state index in [1.165, 1.54) is 16.7 Å². The Hall–Kier alpha value is -2.73. The molecule has 0 amide bonds. The van der Waals surface area contributed by atoms with Crippen LogP contribution in [0.3, 0.4) is 0 Å². The molecule has 5 heteroatoms. The van der Waals surface area contributed by atoms with E-state index in [0.717, 1.165) is 18.4 Å². The summed E-state index contributed by atoms with van der Waals surface area (Å²) in [6, 6.07) is 17.1. The fraction of sp³-hybridized carbons (Fsp3) is 0.370. The van der Waals surface area contributed by atoms with Gasteiger partial charge in [0.2, 0.25) is 0 Å². The number of hydrogen-bond acceptors (Lipinski definition) is 4. The van der Waals surface area contributed by atoms with E-state index < -0.39 is 11.7 Å². The van der Waals surface area contributed by atoms with E-state index in [-0.39, 0.29) is 6.61 Å². The van der Waals surface area contributed by atoms with Crippen LogP contribution in [0.1, 0.15) is 62.1 Å². The number of aliphatic hydroxyl groups is 3. The summed E-state index contributed by atoms with van der Waals surface area (Å²) in [4.78, 5) is 3.93. The maximum absolute atomic E-state index is 9.86. The van der Waals surface area contributed by atoms with Gasteiger partial charge in [0.15, 0.2) is 0 Å². The molecule has 1 heterocycles. The summed E-state index contributed by atoms with van der Waals surface area (Å²) in [5.74, 6) is 1.20. The van der Waals surface area contributed by atoms with Crippen LogP contribution in [-0.4, -0.2) is 37.1 Å². The maximum Gasteiger partial charge on any atom is 0.137 e. The minimum absolute atomic E-state index is 0.192. The van der Waals surface area contributed by atoms with E-state index >= 15 is 0 Å². The van der Waals surface area contributed by atoms with Gasteiger partial charge in [0.05, 0.1) is 5.60 Å². The molecule has 0 aliphatic heterocycles. The second kappa shape index (κ2) is 10.7. The maximum atomic E-state index is 9.86. The van der Waals surface area contributed by atoms with Crippen molar-refractivity contribution >= 4 is 6.08 Å².